The number of methoxy groups -OCH3 is 1. The summed E-state index contributed by atoms with van der Waals surface area (Å²) in [7, 11) is -2.66. The number of nitrogens with one attached hydrogen (secondary N) is 3. The summed E-state index contributed by atoms with van der Waals surface area (Å²) in [5.74, 6) is 0.602. The van der Waals surface area contributed by atoms with E-state index >= 15 is 0 Å². The van der Waals surface area contributed by atoms with Gasteiger partial charge in [-0.15, -0.1) is 11.8 Å². The maximum atomic E-state index is 12.6. The molecule has 0 spiro atoms. The second-order valence-corrected chi connectivity index (χ2v) is 8.67. The van der Waals surface area contributed by atoms with Crippen molar-refractivity contribution < 1.29 is 18.0 Å². The van der Waals surface area contributed by atoms with Gasteiger partial charge in [-0.1, -0.05) is 29.3 Å². The lowest BCUT2D eigenvalue weighted by atomic mass is 10.4. The average molecular weight is 452 g/mol. The van der Waals surface area contributed by atoms with Crippen molar-refractivity contribution in [1.29, 1.82) is 0 Å². The van der Waals surface area contributed by atoms with Crippen molar-refractivity contribution in [1.82, 2.24) is 20.8 Å². The average Bonchev–Trinajstić information content (AvgIpc) is 3.16. The van der Waals surface area contributed by atoms with Crippen molar-refractivity contribution >= 4 is 50.8 Å². The zero-order valence-corrected chi connectivity index (χ0v) is 17.0. The Morgan fingerprint density at radius 2 is 2.26 bits per heavy atom. The van der Waals surface area contributed by atoms with Gasteiger partial charge in [-0.05, 0) is 12.1 Å². The molecule has 0 saturated carbocycles. The zero-order valence-electron chi connectivity index (χ0n) is 13.9. The molecular formula is C14H15Cl2N5O4S2. The van der Waals surface area contributed by atoms with Gasteiger partial charge in [-0.25, -0.2) is 18.4 Å². The molecule has 1 saturated heterocycles. The molecule has 1 aliphatic rings. The fourth-order valence-corrected chi connectivity index (χ4v) is 4.67. The Morgan fingerprint density at radius 1 is 1.44 bits per heavy atom. The molecule has 1 aliphatic heterocycles. The Kier molecular flexibility index (Phi) is 6.63. The number of aromatic nitrogens is 2. The van der Waals surface area contributed by atoms with E-state index in [-0.39, 0.29) is 32.8 Å². The van der Waals surface area contributed by atoms with Gasteiger partial charge >= 0.3 is 0 Å². The van der Waals surface area contributed by atoms with E-state index in [9.17, 15) is 8.42 Å². The van der Waals surface area contributed by atoms with Gasteiger partial charge in [0.2, 0.25) is 5.82 Å². The van der Waals surface area contributed by atoms with E-state index in [4.69, 9.17) is 32.8 Å². The minimum Gasteiger partial charge on any atom is -0.478 e. The van der Waals surface area contributed by atoms with Crippen LogP contribution in [0.15, 0.2) is 34.3 Å². The third kappa shape index (κ3) is 4.93. The number of hydrogen-bond donors (Lipinski definition) is 3. The van der Waals surface area contributed by atoms with Crippen LogP contribution in [-0.2, 0) is 14.9 Å². The van der Waals surface area contributed by atoms with E-state index in [0.29, 0.717) is 17.5 Å². The summed E-state index contributed by atoms with van der Waals surface area (Å²) in [5.41, 5.74) is 2.80. The number of nitrogens with zero attached hydrogens (tertiary/aromatic N) is 2. The lowest BCUT2D eigenvalue weighted by Gasteiger charge is -2.13. The van der Waals surface area contributed by atoms with Crippen LogP contribution in [-0.4, -0.2) is 44.1 Å². The van der Waals surface area contributed by atoms with Crippen molar-refractivity contribution in [3.8, 4) is 5.88 Å². The van der Waals surface area contributed by atoms with Gasteiger partial charge in [-0.2, -0.15) is 5.48 Å². The summed E-state index contributed by atoms with van der Waals surface area (Å²) in [5, 5.41) is 3.69. The second kappa shape index (κ2) is 8.78. The molecule has 27 heavy (non-hydrogen) atoms. The van der Waals surface area contributed by atoms with Crippen molar-refractivity contribution in [3.05, 3.63) is 34.4 Å². The summed E-state index contributed by atoms with van der Waals surface area (Å²) < 4.78 is 32.7. The Bertz CT molecular complexity index is 926. The van der Waals surface area contributed by atoms with Gasteiger partial charge in [0.05, 0.1) is 29.5 Å². The SMILES string of the molecule is COc1nc(SCC2NCON2)cnc1NS(=O)(=O)c1cccc(Cl)c1Cl. The smallest absolute Gasteiger partial charge is 0.264 e. The molecule has 0 amide bonds. The summed E-state index contributed by atoms with van der Waals surface area (Å²) in [6.07, 6.45) is 1.42. The molecular weight excluding hydrogens is 437 g/mol. The lowest BCUT2D eigenvalue weighted by Crippen LogP contribution is -2.33. The zero-order chi connectivity index (χ0) is 19.4. The molecule has 2 heterocycles. The minimum absolute atomic E-state index is 0.0223. The molecule has 2 aromatic rings. The van der Waals surface area contributed by atoms with E-state index in [2.05, 4.69) is 25.5 Å². The third-order valence-electron chi connectivity index (χ3n) is 3.37. The molecule has 3 rings (SSSR count). The number of rotatable bonds is 7. The van der Waals surface area contributed by atoms with Crippen LogP contribution in [0.4, 0.5) is 5.82 Å². The molecule has 1 aromatic heterocycles. The number of anilines is 1. The van der Waals surface area contributed by atoms with Crippen LogP contribution in [0.3, 0.4) is 0 Å². The van der Waals surface area contributed by atoms with E-state index in [1.54, 1.807) is 0 Å². The van der Waals surface area contributed by atoms with E-state index in [1.165, 1.54) is 43.3 Å². The molecule has 0 aliphatic carbocycles. The molecule has 3 N–H and O–H groups in total. The highest BCUT2D eigenvalue weighted by molar-refractivity contribution is 7.99. The predicted molar refractivity (Wildman–Crippen MR) is 103 cm³/mol. The normalized spacial score (nSPS) is 17.1. The van der Waals surface area contributed by atoms with Gasteiger partial charge in [-0.3, -0.25) is 14.9 Å². The first kappa shape index (κ1) is 20.4. The van der Waals surface area contributed by atoms with Crippen LogP contribution in [0, 0.1) is 0 Å². The summed E-state index contributed by atoms with van der Waals surface area (Å²) >= 11 is 13.3. The first-order valence-electron chi connectivity index (χ1n) is 7.52. The second-order valence-electron chi connectivity index (χ2n) is 5.20. The molecule has 1 atom stereocenters. The quantitative estimate of drug-likeness (QED) is 0.544. The lowest BCUT2D eigenvalue weighted by molar-refractivity contribution is 0.0901. The van der Waals surface area contributed by atoms with Crippen LogP contribution in [0.1, 0.15) is 0 Å². The Hall–Kier alpha value is -1.34. The van der Waals surface area contributed by atoms with Crippen molar-refractivity contribution in [2.75, 3.05) is 24.3 Å². The Morgan fingerprint density at radius 3 is 2.96 bits per heavy atom. The number of sulfonamides is 1. The monoisotopic (exact) mass is 451 g/mol. The van der Waals surface area contributed by atoms with Crippen LogP contribution in [0.5, 0.6) is 5.88 Å². The number of halogens is 2. The van der Waals surface area contributed by atoms with Gasteiger partial charge in [0.25, 0.3) is 15.9 Å². The minimum atomic E-state index is -4.03. The molecule has 146 valence electrons. The first-order valence-corrected chi connectivity index (χ1v) is 10.7. The topological polar surface area (TPSA) is 114 Å². The van der Waals surface area contributed by atoms with E-state index in [0.717, 1.165) is 0 Å². The van der Waals surface area contributed by atoms with E-state index in [1.807, 2.05) is 0 Å². The van der Waals surface area contributed by atoms with Crippen LogP contribution in [0.2, 0.25) is 10.0 Å². The first-order chi connectivity index (χ1) is 12.9. The molecule has 1 unspecified atom stereocenters. The van der Waals surface area contributed by atoms with Crippen molar-refractivity contribution in [3.63, 3.8) is 0 Å². The molecule has 13 heteroatoms. The molecule has 0 bridgehead atoms. The highest BCUT2D eigenvalue weighted by Gasteiger charge is 2.23. The van der Waals surface area contributed by atoms with Crippen molar-refractivity contribution in [2.24, 2.45) is 0 Å². The Balaban J connectivity index is 1.78. The maximum Gasteiger partial charge on any atom is 0.264 e. The Labute approximate surface area is 170 Å². The summed E-state index contributed by atoms with van der Waals surface area (Å²) in [4.78, 5) is 13.2. The number of ether oxygens (including phenoxy) is 1. The molecule has 1 aromatic carbocycles. The number of thioether (sulfide) groups is 1. The number of hydroxylamine groups is 1. The van der Waals surface area contributed by atoms with Gasteiger partial charge in [0.1, 0.15) is 16.7 Å². The van der Waals surface area contributed by atoms with Gasteiger partial charge < -0.3 is 4.74 Å². The predicted octanol–water partition coefficient (Wildman–Crippen LogP) is 2.09. The molecule has 9 nitrogen and oxygen atoms in total. The fourth-order valence-electron chi connectivity index (χ4n) is 2.10. The van der Waals surface area contributed by atoms with Crippen LogP contribution in [0.25, 0.3) is 0 Å². The molecule has 1 fully saturated rings. The summed E-state index contributed by atoms with van der Waals surface area (Å²) in [6, 6.07) is 4.32. The highest BCUT2D eigenvalue weighted by Crippen LogP contribution is 2.31. The van der Waals surface area contributed by atoms with Gasteiger partial charge in [0.15, 0.2) is 0 Å². The number of benzene rings is 1. The largest absolute Gasteiger partial charge is 0.478 e. The highest BCUT2D eigenvalue weighted by atomic mass is 35.5. The maximum absolute atomic E-state index is 12.6. The van der Waals surface area contributed by atoms with Crippen LogP contribution >= 0.6 is 35.0 Å². The van der Waals surface area contributed by atoms with Crippen molar-refractivity contribution in [2.45, 2.75) is 16.1 Å². The fraction of sp³-hybridized carbons (Fsp3) is 0.286. The third-order valence-corrected chi connectivity index (χ3v) is 6.68. The van der Waals surface area contributed by atoms with E-state index < -0.39 is 10.0 Å². The standard InChI is InChI=1S/C14H15Cl2N5O4S2/c1-24-14-13(17-5-11(19-14)26-6-10-18-7-25-20-10)21-27(22,23)9-4-2-3-8(15)12(9)16/h2-5,10,18,20H,6-7H2,1H3,(H,17,21). The van der Waals surface area contributed by atoms with Gasteiger partial charge in [0, 0.05) is 5.75 Å². The molecule has 0 radical (unpaired) electrons. The summed E-state index contributed by atoms with van der Waals surface area (Å²) in [6.45, 7) is 0.424. The van der Waals surface area contributed by atoms with Crippen LogP contribution < -0.4 is 20.3 Å². The number of hydrogen-bond acceptors (Lipinski definition) is 9.